The second kappa shape index (κ2) is 10.1. The van der Waals surface area contributed by atoms with Gasteiger partial charge < -0.3 is 10.2 Å². The van der Waals surface area contributed by atoms with Gasteiger partial charge in [0.2, 0.25) is 21.8 Å². The molecule has 2 amide bonds. The Morgan fingerprint density at radius 1 is 0.939 bits per heavy atom. The molecule has 8 heteroatoms. The van der Waals surface area contributed by atoms with Crippen LogP contribution >= 0.6 is 0 Å². The molecule has 4 rings (SSSR count). The van der Waals surface area contributed by atoms with Crippen molar-refractivity contribution in [1.29, 1.82) is 0 Å². The average Bonchev–Trinajstić information content (AvgIpc) is 3.36. The minimum Gasteiger partial charge on any atom is -0.342 e. The zero-order chi connectivity index (χ0) is 23.4. The minimum absolute atomic E-state index is 0.140. The number of sulfonamides is 1. The lowest BCUT2D eigenvalue weighted by molar-refractivity contribution is -0.129. The Bertz CT molecular complexity index is 1090. The highest BCUT2D eigenvalue weighted by Crippen LogP contribution is 2.25. The Morgan fingerprint density at radius 2 is 1.61 bits per heavy atom. The summed E-state index contributed by atoms with van der Waals surface area (Å²) in [5.74, 6) is -0.448. The standard InChI is InChI=1S/C25H31N3O4S/c1-19-6-12-23(13-7-19)33(31,32)28-16-4-5-21(18-28)25(30)26-22-10-8-20(9-11-22)17-24(29)27-14-2-3-15-27/h6-13,21H,2-5,14-18H2,1H3,(H,26,30)/t21-/m0/s1. The molecule has 2 saturated heterocycles. The van der Waals surface area contributed by atoms with Crippen molar-refractivity contribution in [2.75, 3.05) is 31.5 Å². The van der Waals surface area contributed by atoms with Crippen molar-refractivity contribution in [3.8, 4) is 0 Å². The molecule has 2 aliphatic rings. The van der Waals surface area contributed by atoms with Gasteiger partial charge in [0.15, 0.2) is 0 Å². The van der Waals surface area contributed by atoms with E-state index in [2.05, 4.69) is 5.32 Å². The molecule has 0 bridgehead atoms. The maximum absolute atomic E-state index is 13.0. The number of benzene rings is 2. The number of rotatable bonds is 6. The smallest absolute Gasteiger partial charge is 0.243 e. The molecule has 2 heterocycles. The summed E-state index contributed by atoms with van der Waals surface area (Å²) in [5, 5.41) is 2.91. The highest BCUT2D eigenvalue weighted by atomic mass is 32.2. The number of hydrogen-bond donors (Lipinski definition) is 1. The van der Waals surface area contributed by atoms with E-state index in [1.807, 2.05) is 24.0 Å². The van der Waals surface area contributed by atoms with E-state index < -0.39 is 15.9 Å². The van der Waals surface area contributed by atoms with Crippen LogP contribution in [0.2, 0.25) is 0 Å². The van der Waals surface area contributed by atoms with Gasteiger partial charge in [0, 0.05) is 31.9 Å². The molecule has 2 aromatic carbocycles. The van der Waals surface area contributed by atoms with Gasteiger partial charge in [0.25, 0.3) is 0 Å². The summed E-state index contributed by atoms with van der Waals surface area (Å²) in [7, 11) is -3.62. The van der Waals surface area contributed by atoms with Crippen molar-refractivity contribution in [3.05, 3.63) is 59.7 Å². The second-order valence-corrected chi connectivity index (χ2v) is 10.9. The first-order chi connectivity index (χ1) is 15.8. The first-order valence-corrected chi connectivity index (χ1v) is 13.0. The molecule has 2 fully saturated rings. The fraction of sp³-hybridized carbons (Fsp3) is 0.440. The molecule has 0 aliphatic carbocycles. The van der Waals surface area contributed by atoms with E-state index >= 15 is 0 Å². The van der Waals surface area contributed by atoms with E-state index in [4.69, 9.17) is 0 Å². The van der Waals surface area contributed by atoms with Crippen LogP contribution < -0.4 is 5.32 Å². The van der Waals surface area contributed by atoms with Gasteiger partial charge in [-0.3, -0.25) is 9.59 Å². The molecule has 0 spiro atoms. The Hall–Kier alpha value is -2.71. The summed E-state index contributed by atoms with van der Waals surface area (Å²) in [6, 6.07) is 14.1. The van der Waals surface area contributed by atoms with E-state index in [1.54, 1.807) is 36.4 Å². The molecular formula is C25H31N3O4S. The van der Waals surface area contributed by atoms with Crippen molar-refractivity contribution < 1.29 is 18.0 Å². The first kappa shape index (κ1) is 23.4. The van der Waals surface area contributed by atoms with Crippen LogP contribution in [0.15, 0.2) is 53.4 Å². The zero-order valence-corrected chi connectivity index (χ0v) is 19.8. The summed E-state index contributed by atoms with van der Waals surface area (Å²) in [5.41, 5.74) is 2.56. The van der Waals surface area contributed by atoms with Gasteiger partial charge in [0.05, 0.1) is 17.2 Å². The van der Waals surface area contributed by atoms with Crippen LogP contribution in [0, 0.1) is 12.8 Å². The fourth-order valence-electron chi connectivity index (χ4n) is 4.44. The largest absolute Gasteiger partial charge is 0.342 e. The van der Waals surface area contributed by atoms with Crippen LogP contribution in [0.5, 0.6) is 0 Å². The lowest BCUT2D eigenvalue weighted by Crippen LogP contribution is -2.43. The predicted molar refractivity (Wildman–Crippen MR) is 127 cm³/mol. The van der Waals surface area contributed by atoms with Crippen LogP contribution in [0.3, 0.4) is 0 Å². The molecule has 2 aromatic rings. The fourth-order valence-corrected chi connectivity index (χ4v) is 5.96. The maximum atomic E-state index is 13.0. The van der Waals surface area contributed by atoms with Crippen molar-refractivity contribution in [1.82, 2.24) is 9.21 Å². The molecule has 7 nitrogen and oxygen atoms in total. The Kier molecular flexibility index (Phi) is 7.14. The van der Waals surface area contributed by atoms with E-state index in [9.17, 15) is 18.0 Å². The number of aryl methyl sites for hydroxylation is 1. The number of nitrogens with zero attached hydrogens (tertiary/aromatic N) is 2. The van der Waals surface area contributed by atoms with Crippen LogP contribution in [0.1, 0.15) is 36.8 Å². The topological polar surface area (TPSA) is 86.8 Å². The highest BCUT2D eigenvalue weighted by molar-refractivity contribution is 7.89. The predicted octanol–water partition coefficient (Wildman–Crippen LogP) is 3.20. The molecule has 1 atom stereocenters. The van der Waals surface area contributed by atoms with E-state index in [0.29, 0.717) is 31.5 Å². The number of carbonyl (C=O) groups excluding carboxylic acids is 2. The number of likely N-dealkylation sites (tertiary alicyclic amines) is 1. The monoisotopic (exact) mass is 469 g/mol. The lowest BCUT2D eigenvalue weighted by Gasteiger charge is -2.31. The molecule has 0 unspecified atom stereocenters. The number of anilines is 1. The van der Waals surface area contributed by atoms with Crippen LogP contribution in [0.25, 0.3) is 0 Å². The van der Waals surface area contributed by atoms with E-state index in [-0.39, 0.29) is 23.3 Å². The van der Waals surface area contributed by atoms with Crippen molar-refractivity contribution in [3.63, 3.8) is 0 Å². The Morgan fingerprint density at radius 3 is 2.27 bits per heavy atom. The van der Waals surface area contributed by atoms with Crippen LogP contribution in [-0.2, 0) is 26.0 Å². The van der Waals surface area contributed by atoms with Crippen LogP contribution in [-0.4, -0.2) is 55.6 Å². The quantitative estimate of drug-likeness (QED) is 0.704. The maximum Gasteiger partial charge on any atom is 0.243 e. The molecule has 1 N–H and O–H groups in total. The summed E-state index contributed by atoms with van der Waals surface area (Å²) < 4.78 is 27.4. The van der Waals surface area contributed by atoms with Crippen LogP contribution in [0.4, 0.5) is 5.69 Å². The van der Waals surface area contributed by atoms with Gasteiger partial charge in [-0.1, -0.05) is 29.8 Å². The molecule has 33 heavy (non-hydrogen) atoms. The van der Waals surface area contributed by atoms with Crippen molar-refractivity contribution >= 4 is 27.5 Å². The molecule has 176 valence electrons. The van der Waals surface area contributed by atoms with Gasteiger partial charge in [-0.05, 0) is 62.4 Å². The van der Waals surface area contributed by atoms with Crippen molar-refractivity contribution in [2.24, 2.45) is 5.92 Å². The number of amides is 2. The summed E-state index contributed by atoms with van der Waals surface area (Å²) in [6.45, 7) is 4.18. The average molecular weight is 470 g/mol. The molecule has 0 radical (unpaired) electrons. The number of hydrogen-bond acceptors (Lipinski definition) is 4. The first-order valence-electron chi connectivity index (χ1n) is 11.6. The summed E-state index contributed by atoms with van der Waals surface area (Å²) in [6.07, 6.45) is 3.79. The molecular weight excluding hydrogens is 438 g/mol. The minimum atomic E-state index is -3.62. The zero-order valence-electron chi connectivity index (χ0n) is 19.0. The lowest BCUT2D eigenvalue weighted by atomic mass is 9.98. The summed E-state index contributed by atoms with van der Waals surface area (Å²) in [4.78, 5) is 27.3. The third-order valence-electron chi connectivity index (χ3n) is 6.45. The Balaban J connectivity index is 1.35. The van der Waals surface area contributed by atoms with Gasteiger partial charge in [-0.2, -0.15) is 4.31 Å². The van der Waals surface area contributed by atoms with E-state index in [1.165, 1.54) is 4.31 Å². The molecule has 0 saturated carbocycles. The van der Waals surface area contributed by atoms with Gasteiger partial charge in [-0.25, -0.2) is 8.42 Å². The highest BCUT2D eigenvalue weighted by Gasteiger charge is 2.33. The second-order valence-electron chi connectivity index (χ2n) is 8.97. The Labute approximate surface area is 195 Å². The van der Waals surface area contributed by atoms with E-state index in [0.717, 1.165) is 37.1 Å². The third kappa shape index (κ3) is 5.62. The number of piperidine rings is 1. The number of nitrogens with one attached hydrogen (secondary N) is 1. The van der Waals surface area contributed by atoms with Gasteiger partial charge >= 0.3 is 0 Å². The van der Waals surface area contributed by atoms with Gasteiger partial charge in [0.1, 0.15) is 0 Å². The third-order valence-corrected chi connectivity index (χ3v) is 8.33. The summed E-state index contributed by atoms with van der Waals surface area (Å²) >= 11 is 0. The van der Waals surface area contributed by atoms with Gasteiger partial charge in [-0.15, -0.1) is 0 Å². The SMILES string of the molecule is Cc1ccc(S(=O)(=O)N2CCC[C@H](C(=O)Nc3ccc(CC(=O)N4CCCC4)cc3)C2)cc1. The van der Waals surface area contributed by atoms with Crippen molar-refractivity contribution in [2.45, 2.75) is 43.9 Å². The number of carbonyl (C=O) groups is 2. The molecule has 2 aliphatic heterocycles. The molecule has 0 aromatic heterocycles. The normalized spacial score (nSPS) is 19.4.